The Hall–Kier alpha value is -2.84. The molecule has 0 saturated carbocycles. The fourth-order valence-corrected chi connectivity index (χ4v) is 5.50. The van der Waals surface area contributed by atoms with E-state index in [2.05, 4.69) is 9.88 Å². The highest BCUT2D eigenvalue weighted by Gasteiger charge is 2.40. The lowest BCUT2D eigenvalue weighted by atomic mass is 9.74. The highest BCUT2D eigenvalue weighted by Crippen LogP contribution is 2.38. The van der Waals surface area contributed by atoms with Gasteiger partial charge < -0.3 is 14.7 Å². The number of nitrogens with zero attached hydrogens (tertiary/aromatic N) is 2. The number of carboxylic acid groups (broad SMARTS) is 1. The number of pyridine rings is 1. The van der Waals surface area contributed by atoms with Gasteiger partial charge in [-0.1, -0.05) is 11.6 Å². The van der Waals surface area contributed by atoms with Crippen LogP contribution >= 0.6 is 11.6 Å². The predicted octanol–water partition coefficient (Wildman–Crippen LogP) is 6.44. The summed E-state index contributed by atoms with van der Waals surface area (Å²) in [6.07, 6.45) is 5.08. The number of carboxylic acids is 1. The van der Waals surface area contributed by atoms with Gasteiger partial charge in [0.25, 0.3) is 0 Å². The maximum atomic E-state index is 13.9. The van der Waals surface area contributed by atoms with E-state index < -0.39 is 28.8 Å². The number of carbonyl (C=O) groups is 1. The lowest BCUT2D eigenvalue weighted by Gasteiger charge is -2.39. The summed E-state index contributed by atoms with van der Waals surface area (Å²) in [5.41, 5.74) is 0.808. The Balaban J connectivity index is 1.33. The molecule has 1 saturated heterocycles. The number of aryl methyl sites for hydroxylation is 1. The number of piperidine rings is 1. The minimum atomic E-state index is -0.932. The van der Waals surface area contributed by atoms with E-state index in [0.29, 0.717) is 81.1 Å². The minimum Gasteiger partial charge on any atom is -0.497 e. The van der Waals surface area contributed by atoms with Crippen LogP contribution in [-0.4, -0.2) is 47.7 Å². The number of rotatable bonds is 10. The summed E-state index contributed by atoms with van der Waals surface area (Å²) in [4.78, 5) is 18.8. The van der Waals surface area contributed by atoms with Gasteiger partial charge in [0.15, 0.2) is 0 Å². The highest BCUT2D eigenvalue weighted by atomic mass is 35.5. The van der Waals surface area contributed by atoms with Crippen LogP contribution in [0.3, 0.4) is 0 Å². The topological polar surface area (TPSA) is 62.7 Å². The van der Waals surface area contributed by atoms with Crippen molar-refractivity contribution in [2.75, 3.05) is 26.7 Å². The number of aromatic nitrogens is 1. The van der Waals surface area contributed by atoms with Gasteiger partial charge in [-0.15, -0.1) is 0 Å². The van der Waals surface area contributed by atoms with E-state index in [1.165, 1.54) is 0 Å². The highest BCUT2D eigenvalue weighted by molar-refractivity contribution is 6.32. The molecule has 4 rings (SSSR count). The van der Waals surface area contributed by atoms with E-state index in [1.54, 1.807) is 13.3 Å². The van der Waals surface area contributed by atoms with Crippen molar-refractivity contribution in [1.29, 1.82) is 0 Å². The van der Waals surface area contributed by atoms with Gasteiger partial charge in [-0.3, -0.25) is 9.78 Å². The number of likely N-dealkylation sites (tertiary alicyclic amines) is 1. The molecule has 1 aliphatic heterocycles. The molecule has 0 bridgehead atoms. The number of fused-ring (bicyclic) bond motifs is 1. The molecule has 0 unspecified atom stereocenters. The van der Waals surface area contributed by atoms with Crippen molar-refractivity contribution in [3.8, 4) is 5.75 Å². The molecular formula is C28H30ClF3N2O3. The predicted molar refractivity (Wildman–Crippen MR) is 137 cm³/mol. The zero-order valence-electron chi connectivity index (χ0n) is 20.7. The normalized spacial score (nSPS) is 15.7. The summed E-state index contributed by atoms with van der Waals surface area (Å²) >= 11 is 6.46. The second kappa shape index (κ2) is 11.7. The Morgan fingerprint density at radius 1 is 1.08 bits per heavy atom. The molecule has 0 amide bonds. The van der Waals surface area contributed by atoms with Gasteiger partial charge in [0.05, 0.1) is 23.1 Å². The Morgan fingerprint density at radius 3 is 2.41 bits per heavy atom. The number of aliphatic carboxylic acids is 1. The van der Waals surface area contributed by atoms with Gasteiger partial charge in [0, 0.05) is 29.3 Å². The first-order chi connectivity index (χ1) is 17.7. The Labute approximate surface area is 219 Å². The average molecular weight is 535 g/mol. The van der Waals surface area contributed by atoms with Crippen molar-refractivity contribution in [3.63, 3.8) is 0 Å². The molecule has 9 heteroatoms. The smallest absolute Gasteiger partial charge is 0.309 e. The largest absolute Gasteiger partial charge is 0.497 e. The van der Waals surface area contributed by atoms with Crippen molar-refractivity contribution in [1.82, 2.24) is 9.88 Å². The molecule has 3 aromatic rings. The van der Waals surface area contributed by atoms with Gasteiger partial charge >= 0.3 is 5.97 Å². The second-order valence-electron chi connectivity index (χ2n) is 9.70. The first-order valence-electron chi connectivity index (χ1n) is 12.4. The molecule has 2 aromatic carbocycles. The monoisotopic (exact) mass is 534 g/mol. The molecule has 37 heavy (non-hydrogen) atoms. The maximum absolute atomic E-state index is 13.9. The van der Waals surface area contributed by atoms with Gasteiger partial charge in [0.1, 0.15) is 23.2 Å². The first-order valence-corrected chi connectivity index (χ1v) is 12.8. The minimum absolute atomic E-state index is 0.113. The standard InChI is InChI=1S/C28H30ClF3N2O3/c1-37-19-6-7-26-22(16-19)20(23(29)17-33-26)4-2-8-28(27(35)36)9-12-34(13-10-28)11-3-5-21-24(31)14-18(30)15-25(21)32/h6-7,14-17H,2-5,8-13H2,1H3,(H,35,36). The average Bonchev–Trinajstić information content (AvgIpc) is 2.87. The number of halogens is 4. The van der Waals surface area contributed by atoms with E-state index in [4.69, 9.17) is 16.3 Å². The number of ether oxygens (including phenoxy) is 1. The number of hydrogen-bond acceptors (Lipinski definition) is 4. The van der Waals surface area contributed by atoms with Crippen LogP contribution in [0.15, 0.2) is 36.5 Å². The summed E-state index contributed by atoms with van der Waals surface area (Å²) in [5, 5.41) is 11.5. The summed E-state index contributed by atoms with van der Waals surface area (Å²) in [5.74, 6) is -2.77. The summed E-state index contributed by atoms with van der Waals surface area (Å²) in [6.45, 7) is 1.78. The molecule has 2 heterocycles. The summed E-state index contributed by atoms with van der Waals surface area (Å²) in [6, 6.07) is 7.00. The first kappa shape index (κ1) is 27.2. The Kier molecular flexibility index (Phi) is 8.60. The Bertz CT molecular complexity index is 1260. The molecule has 198 valence electrons. The lowest BCUT2D eigenvalue weighted by Crippen LogP contribution is -2.44. The van der Waals surface area contributed by atoms with Crippen LogP contribution < -0.4 is 4.74 Å². The summed E-state index contributed by atoms with van der Waals surface area (Å²) in [7, 11) is 1.60. The fourth-order valence-electron chi connectivity index (χ4n) is 5.25. The maximum Gasteiger partial charge on any atom is 0.309 e. The lowest BCUT2D eigenvalue weighted by molar-refractivity contribution is -0.152. The van der Waals surface area contributed by atoms with Crippen molar-refractivity contribution in [3.05, 3.63) is 70.1 Å². The molecule has 1 aliphatic rings. The van der Waals surface area contributed by atoms with Gasteiger partial charge in [-0.05, 0) is 88.3 Å². The van der Waals surface area contributed by atoms with E-state index in [0.717, 1.165) is 16.5 Å². The zero-order valence-corrected chi connectivity index (χ0v) is 21.5. The molecule has 0 radical (unpaired) electrons. The van der Waals surface area contributed by atoms with Crippen LogP contribution in [0.5, 0.6) is 5.75 Å². The van der Waals surface area contributed by atoms with E-state index in [9.17, 15) is 23.1 Å². The quantitative estimate of drug-likeness (QED) is 0.324. The van der Waals surface area contributed by atoms with Crippen LogP contribution in [0.25, 0.3) is 10.9 Å². The van der Waals surface area contributed by atoms with Crippen LogP contribution in [0.1, 0.15) is 43.2 Å². The summed E-state index contributed by atoms with van der Waals surface area (Å²) < 4.78 is 46.2. The molecular weight excluding hydrogens is 505 g/mol. The fraction of sp³-hybridized carbons (Fsp3) is 0.429. The number of methoxy groups -OCH3 is 1. The number of hydrogen-bond donors (Lipinski definition) is 1. The van der Waals surface area contributed by atoms with Crippen molar-refractivity contribution in [2.45, 2.75) is 44.9 Å². The van der Waals surface area contributed by atoms with E-state index in [-0.39, 0.29) is 12.0 Å². The molecule has 1 aromatic heterocycles. The molecule has 1 fully saturated rings. The van der Waals surface area contributed by atoms with Crippen molar-refractivity contribution < 1.29 is 27.8 Å². The van der Waals surface area contributed by atoms with Crippen LogP contribution in [0, 0.1) is 22.9 Å². The van der Waals surface area contributed by atoms with Gasteiger partial charge in [0.2, 0.25) is 0 Å². The van der Waals surface area contributed by atoms with Crippen molar-refractivity contribution in [2.24, 2.45) is 5.41 Å². The SMILES string of the molecule is COc1ccc2ncc(Cl)c(CCCC3(C(=O)O)CCN(CCCc4c(F)cc(F)cc4F)CC3)c2c1. The third kappa shape index (κ3) is 6.18. The van der Waals surface area contributed by atoms with Crippen LogP contribution in [-0.2, 0) is 17.6 Å². The number of benzene rings is 2. The van der Waals surface area contributed by atoms with Crippen LogP contribution in [0.4, 0.5) is 13.2 Å². The molecule has 5 nitrogen and oxygen atoms in total. The third-order valence-corrected chi connectivity index (χ3v) is 7.82. The second-order valence-corrected chi connectivity index (χ2v) is 10.1. The molecule has 1 N–H and O–H groups in total. The molecule has 0 atom stereocenters. The van der Waals surface area contributed by atoms with Gasteiger partial charge in [-0.2, -0.15) is 0 Å². The molecule has 0 aliphatic carbocycles. The van der Waals surface area contributed by atoms with Gasteiger partial charge in [-0.25, -0.2) is 13.2 Å². The third-order valence-electron chi connectivity index (χ3n) is 7.49. The zero-order chi connectivity index (χ0) is 26.6. The molecule has 0 spiro atoms. The van der Waals surface area contributed by atoms with E-state index >= 15 is 0 Å². The van der Waals surface area contributed by atoms with Crippen molar-refractivity contribution >= 4 is 28.5 Å². The van der Waals surface area contributed by atoms with E-state index in [1.807, 2.05) is 18.2 Å². The van der Waals surface area contributed by atoms with Crippen LogP contribution in [0.2, 0.25) is 5.02 Å². The Morgan fingerprint density at radius 2 is 1.76 bits per heavy atom.